The number of aliphatic carboxylic acids is 1. The van der Waals surface area contributed by atoms with Crippen molar-refractivity contribution in [3.05, 3.63) is 36.2 Å². The van der Waals surface area contributed by atoms with E-state index in [1.807, 2.05) is 24.6 Å². The van der Waals surface area contributed by atoms with Crippen molar-refractivity contribution in [2.24, 2.45) is 0 Å². The lowest BCUT2D eigenvalue weighted by molar-refractivity contribution is -0.145. The van der Waals surface area contributed by atoms with Crippen LogP contribution in [0.5, 0.6) is 5.75 Å². The summed E-state index contributed by atoms with van der Waals surface area (Å²) in [6.45, 7) is 0. The zero-order chi connectivity index (χ0) is 9.26. The van der Waals surface area contributed by atoms with Gasteiger partial charge in [-0.05, 0) is 18.1 Å². The molecule has 1 N–H and O–H groups in total. The minimum absolute atomic E-state index is 0.437. The number of hydrogen-bond acceptors (Lipinski definition) is 2. The molecule has 1 aromatic rings. The Labute approximate surface area is 76.0 Å². The molecular formula is C10H9O3. The summed E-state index contributed by atoms with van der Waals surface area (Å²) in [7, 11) is 0. The number of hydrogen-bond donors (Lipinski definition) is 1. The Morgan fingerprint density at radius 1 is 1.46 bits per heavy atom. The summed E-state index contributed by atoms with van der Waals surface area (Å²) in [5.74, 6) is -0.257. The molecule has 3 nitrogen and oxygen atoms in total. The molecule has 2 rings (SSSR count). The summed E-state index contributed by atoms with van der Waals surface area (Å²) in [5, 5.41) is 8.72. The van der Waals surface area contributed by atoms with Gasteiger partial charge in [-0.3, -0.25) is 0 Å². The van der Waals surface area contributed by atoms with Gasteiger partial charge in [-0.2, -0.15) is 0 Å². The summed E-state index contributed by atoms with van der Waals surface area (Å²) >= 11 is 0. The van der Waals surface area contributed by atoms with Crippen LogP contribution in [-0.4, -0.2) is 17.2 Å². The van der Waals surface area contributed by atoms with Gasteiger partial charge >= 0.3 is 5.97 Å². The second-order valence-corrected chi connectivity index (χ2v) is 2.92. The molecule has 67 valence electrons. The number of benzene rings is 1. The van der Waals surface area contributed by atoms with E-state index >= 15 is 0 Å². The van der Waals surface area contributed by atoms with Gasteiger partial charge in [0, 0.05) is 6.42 Å². The third-order valence-electron chi connectivity index (χ3n) is 2.02. The van der Waals surface area contributed by atoms with Crippen molar-refractivity contribution >= 4 is 5.97 Å². The lowest BCUT2D eigenvalue weighted by Crippen LogP contribution is -2.30. The van der Waals surface area contributed by atoms with Gasteiger partial charge < -0.3 is 9.84 Å². The molecule has 0 spiro atoms. The minimum atomic E-state index is -0.911. The van der Waals surface area contributed by atoms with E-state index < -0.39 is 12.1 Å². The number of carboxylic acid groups (broad SMARTS) is 1. The van der Waals surface area contributed by atoms with Crippen LogP contribution >= 0.6 is 0 Å². The number of ether oxygens (including phenoxy) is 1. The Morgan fingerprint density at radius 3 is 3.00 bits per heavy atom. The van der Waals surface area contributed by atoms with E-state index in [1.165, 1.54) is 0 Å². The van der Waals surface area contributed by atoms with Crippen LogP contribution in [0, 0.1) is 6.42 Å². The summed E-state index contributed by atoms with van der Waals surface area (Å²) in [4.78, 5) is 10.6. The van der Waals surface area contributed by atoms with E-state index in [9.17, 15) is 4.79 Å². The van der Waals surface area contributed by atoms with Gasteiger partial charge in [0.2, 0.25) is 0 Å². The van der Waals surface area contributed by atoms with Crippen LogP contribution in [0.1, 0.15) is 12.0 Å². The van der Waals surface area contributed by atoms with Gasteiger partial charge in [-0.15, -0.1) is 0 Å². The number of fused-ring (bicyclic) bond motifs is 1. The molecule has 1 radical (unpaired) electrons. The largest absolute Gasteiger partial charge is 0.479 e. The van der Waals surface area contributed by atoms with E-state index in [1.54, 1.807) is 6.07 Å². The Kier molecular flexibility index (Phi) is 1.93. The second-order valence-electron chi connectivity index (χ2n) is 2.92. The number of rotatable bonds is 1. The average molecular weight is 177 g/mol. The Bertz CT molecular complexity index is 333. The standard InChI is InChI=1S/C10H9O3/c11-10(12)9-6-5-7-3-1-2-4-8(7)13-9/h1-5,9H,6H2,(H,11,12). The topological polar surface area (TPSA) is 46.5 Å². The van der Waals surface area contributed by atoms with Crippen molar-refractivity contribution < 1.29 is 14.6 Å². The molecule has 0 aromatic heterocycles. The van der Waals surface area contributed by atoms with Gasteiger partial charge in [0.15, 0.2) is 6.10 Å². The number of carbonyl (C=O) groups is 1. The predicted octanol–water partition coefficient (Wildman–Crippen LogP) is 1.47. The first-order valence-electron chi connectivity index (χ1n) is 4.09. The SMILES string of the molecule is O=C(O)C1C[CH]c2ccccc2O1. The van der Waals surface area contributed by atoms with Crippen LogP contribution in [0.25, 0.3) is 0 Å². The molecule has 3 heteroatoms. The van der Waals surface area contributed by atoms with Crippen LogP contribution < -0.4 is 4.74 Å². The maximum Gasteiger partial charge on any atom is 0.344 e. The summed E-state index contributed by atoms with van der Waals surface area (Å²) < 4.78 is 5.26. The maximum absolute atomic E-state index is 10.6. The molecule has 0 bridgehead atoms. The normalized spacial score (nSPS) is 20.2. The molecule has 0 fully saturated rings. The Hall–Kier alpha value is -1.51. The van der Waals surface area contributed by atoms with Crippen LogP contribution in [0.3, 0.4) is 0 Å². The third kappa shape index (κ3) is 1.49. The molecule has 1 aromatic carbocycles. The quantitative estimate of drug-likeness (QED) is 0.706. The molecule has 1 aliphatic rings. The van der Waals surface area contributed by atoms with Crippen LogP contribution in [-0.2, 0) is 4.79 Å². The second kappa shape index (κ2) is 3.09. The van der Waals surface area contributed by atoms with E-state index in [4.69, 9.17) is 9.84 Å². The first-order chi connectivity index (χ1) is 6.27. The molecule has 0 saturated heterocycles. The first kappa shape index (κ1) is 8.10. The van der Waals surface area contributed by atoms with Gasteiger partial charge in [0.05, 0.1) is 0 Å². The van der Waals surface area contributed by atoms with Gasteiger partial charge in [-0.1, -0.05) is 18.2 Å². The number of carboxylic acids is 1. The summed E-state index contributed by atoms with van der Waals surface area (Å²) in [5.41, 5.74) is 0.972. The molecule has 1 heterocycles. The van der Waals surface area contributed by atoms with E-state index in [2.05, 4.69) is 0 Å². The van der Waals surface area contributed by atoms with Gasteiger partial charge in [0.25, 0.3) is 0 Å². The molecule has 0 aliphatic carbocycles. The molecule has 13 heavy (non-hydrogen) atoms. The lowest BCUT2D eigenvalue weighted by Gasteiger charge is -2.22. The monoisotopic (exact) mass is 177 g/mol. The highest BCUT2D eigenvalue weighted by Gasteiger charge is 2.24. The molecule has 1 aliphatic heterocycles. The van der Waals surface area contributed by atoms with Gasteiger partial charge in [-0.25, -0.2) is 4.79 Å². The lowest BCUT2D eigenvalue weighted by atomic mass is 10.0. The highest BCUT2D eigenvalue weighted by molar-refractivity contribution is 5.73. The highest BCUT2D eigenvalue weighted by atomic mass is 16.5. The smallest absolute Gasteiger partial charge is 0.344 e. The van der Waals surface area contributed by atoms with E-state index in [-0.39, 0.29) is 0 Å². The third-order valence-corrected chi connectivity index (χ3v) is 2.02. The highest BCUT2D eigenvalue weighted by Crippen LogP contribution is 2.28. The predicted molar refractivity (Wildman–Crippen MR) is 46.5 cm³/mol. The Morgan fingerprint density at radius 2 is 2.23 bits per heavy atom. The van der Waals surface area contributed by atoms with Crippen LogP contribution in [0.2, 0.25) is 0 Å². The van der Waals surface area contributed by atoms with Crippen molar-refractivity contribution in [3.8, 4) is 5.75 Å². The fraction of sp³-hybridized carbons (Fsp3) is 0.200. The van der Waals surface area contributed by atoms with Crippen molar-refractivity contribution in [1.29, 1.82) is 0 Å². The minimum Gasteiger partial charge on any atom is -0.479 e. The van der Waals surface area contributed by atoms with E-state index in [0.717, 1.165) is 5.56 Å². The van der Waals surface area contributed by atoms with Crippen molar-refractivity contribution in [2.75, 3.05) is 0 Å². The number of para-hydroxylation sites is 1. The van der Waals surface area contributed by atoms with Crippen molar-refractivity contribution in [3.63, 3.8) is 0 Å². The fourth-order valence-corrected chi connectivity index (χ4v) is 1.34. The van der Waals surface area contributed by atoms with Crippen LogP contribution in [0.4, 0.5) is 0 Å². The molecule has 0 amide bonds. The average Bonchev–Trinajstić information content (AvgIpc) is 2.17. The van der Waals surface area contributed by atoms with Gasteiger partial charge in [0.1, 0.15) is 5.75 Å². The zero-order valence-corrected chi connectivity index (χ0v) is 6.93. The molecule has 1 atom stereocenters. The fourth-order valence-electron chi connectivity index (χ4n) is 1.34. The Balaban J connectivity index is 2.24. The van der Waals surface area contributed by atoms with Crippen LogP contribution in [0.15, 0.2) is 24.3 Å². The summed E-state index contributed by atoms with van der Waals surface area (Å²) in [6, 6.07) is 7.42. The molecule has 0 saturated carbocycles. The maximum atomic E-state index is 10.6. The zero-order valence-electron chi connectivity index (χ0n) is 6.93. The van der Waals surface area contributed by atoms with E-state index in [0.29, 0.717) is 12.2 Å². The molecule has 1 unspecified atom stereocenters. The molecular weight excluding hydrogens is 168 g/mol. The van der Waals surface area contributed by atoms with Crippen molar-refractivity contribution in [2.45, 2.75) is 12.5 Å². The first-order valence-corrected chi connectivity index (χ1v) is 4.09. The summed E-state index contributed by atoms with van der Waals surface area (Å²) in [6.07, 6.45) is 1.60. The van der Waals surface area contributed by atoms with Crippen molar-refractivity contribution in [1.82, 2.24) is 0 Å².